The molecular formula is C21H18ClFN4O2. The number of benzene rings is 2. The number of aryl methyl sites for hydroxylation is 1. The fraction of sp³-hybridized carbons (Fsp3) is 0.190. The smallest absolute Gasteiger partial charge is 0.277 e. The van der Waals surface area contributed by atoms with Gasteiger partial charge in [-0.05, 0) is 49.2 Å². The van der Waals surface area contributed by atoms with E-state index in [1.807, 2.05) is 19.9 Å². The quantitative estimate of drug-likeness (QED) is 0.477. The van der Waals surface area contributed by atoms with Crippen LogP contribution >= 0.6 is 11.6 Å². The lowest BCUT2D eigenvalue weighted by Crippen LogP contribution is -2.13. The highest BCUT2D eigenvalue weighted by molar-refractivity contribution is 6.35. The Balaban J connectivity index is 1.56. The second-order valence-electron chi connectivity index (χ2n) is 6.75. The summed E-state index contributed by atoms with van der Waals surface area (Å²) in [6, 6.07) is 11.3. The van der Waals surface area contributed by atoms with Crippen molar-refractivity contribution in [2.75, 3.05) is 5.32 Å². The number of halogens is 2. The molecule has 29 heavy (non-hydrogen) atoms. The van der Waals surface area contributed by atoms with E-state index in [-0.39, 0.29) is 17.6 Å². The van der Waals surface area contributed by atoms with Crippen LogP contribution in [0.1, 0.15) is 41.2 Å². The van der Waals surface area contributed by atoms with E-state index in [2.05, 4.69) is 15.6 Å². The molecule has 1 amide bonds. The number of aromatic nitrogens is 3. The molecule has 1 N–H and O–H groups in total. The molecule has 8 heteroatoms. The van der Waals surface area contributed by atoms with Crippen molar-refractivity contribution >= 4 is 34.2 Å². The zero-order valence-corrected chi connectivity index (χ0v) is 16.6. The van der Waals surface area contributed by atoms with Crippen LogP contribution in [-0.4, -0.2) is 20.9 Å². The largest absolute Gasteiger partial charge is 0.460 e. The summed E-state index contributed by atoms with van der Waals surface area (Å²) in [7, 11) is 0. The van der Waals surface area contributed by atoms with Gasteiger partial charge in [0.2, 0.25) is 0 Å². The average Bonchev–Trinajstić information content (AvgIpc) is 3.31. The zero-order chi connectivity index (χ0) is 20.5. The van der Waals surface area contributed by atoms with Gasteiger partial charge in [0.15, 0.2) is 11.3 Å². The standard InChI is InChI=1S/C21H18ClFN4O2/c1-3-19(13-4-6-15(23)7-5-13)27-11-18(25-26-27)21(28)24-16-9-14-8-12(2)29-20(14)17(22)10-16/h4-11,19H,3H2,1-2H3,(H,24,28)/t19-/m1/s1. The molecule has 0 aliphatic rings. The van der Waals surface area contributed by atoms with Crippen molar-refractivity contribution in [2.24, 2.45) is 0 Å². The van der Waals surface area contributed by atoms with Crippen LogP contribution in [0.3, 0.4) is 0 Å². The number of nitrogens with one attached hydrogen (secondary N) is 1. The van der Waals surface area contributed by atoms with Crippen LogP contribution in [0, 0.1) is 12.7 Å². The fourth-order valence-electron chi connectivity index (χ4n) is 3.30. The first-order valence-corrected chi connectivity index (χ1v) is 9.50. The molecule has 6 nitrogen and oxygen atoms in total. The van der Waals surface area contributed by atoms with E-state index in [9.17, 15) is 9.18 Å². The number of fused-ring (bicyclic) bond motifs is 1. The Bertz CT molecular complexity index is 1180. The molecule has 148 valence electrons. The highest BCUT2D eigenvalue weighted by Crippen LogP contribution is 2.30. The number of carbonyl (C=O) groups is 1. The van der Waals surface area contributed by atoms with Crippen LogP contribution < -0.4 is 5.32 Å². The van der Waals surface area contributed by atoms with Crippen LogP contribution in [0.4, 0.5) is 10.1 Å². The minimum absolute atomic E-state index is 0.149. The van der Waals surface area contributed by atoms with Gasteiger partial charge in [0.25, 0.3) is 5.91 Å². The molecule has 0 aliphatic carbocycles. The molecule has 2 aromatic carbocycles. The minimum atomic E-state index is -0.402. The van der Waals surface area contributed by atoms with Gasteiger partial charge in [0.1, 0.15) is 11.6 Å². The van der Waals surface area contributed by atoms with Gasteiger partial charge in [-0.3, -0.25) is 4.79 Å². The number of anilines is 1. The summed E-state index contributed by atoms with van der Waals surface area (Å²) in [5.41, 5.74) is 2.18. The van der Waals surface area contributed by atoms with Crippen LogP contribution in [0.5, 0.6) is 0 Å². The van der Waals surface area contributed by atoms with E-state index >= 15 is 0 Å². The Labute approximate surface area is 171 Å². The Kier molecular flexibility index (Phi) is 5.07. The topological polar surface area (TPSA) is 73.0 Å². The Morgan fingerprint density at radius 3 is 2.76 bits per heavy atom. The van der Waals surface area contributed by atoms with Crippen LogP contribution in [0.15, 0.2) is 53.1 Å². The van der Waals surface area contributed by atoms with Crippen molar-refractivity contribution < 1.29 is 13.6 Å². The molecule has 0 bridgehead atoms. The summed E-state index contributed by atoms with van der Waals surface area (Å²) in [5, 5.41) is 12.1. The van der Waals surface area contributed by atoms with Gasteiger partial charge >= 0.3 is 0 Å². The molecule has 4 rings (SSSR count). The van der Waals surface area contributed by atoms with Gasteiger partial charge in [0, 0.05) is 11.1 Å². The van der Waals surface area contributed by atoms with Gasteiger partial charge < -0.3 is 9.73 Å². The molecule has 2 aromatic heterocycles. The molecule has 0 aliphatic heterocycles. The highest BCUT2D eigenvalue weighted by Gasteiger charge is 2.18. The van der Waals surface area contributed by atoms with Crippen molar-refractivity contribution in [3.8, 4) is 0 Å². The Morgan fingerprint density at radius 1 is 1.28 bits per heavy atom. The summed E-state index contributed by atoms with van der Waals surface area (Å²) in [6.07, 6.45) is 2.29. The van der Waals surface area contributed by atoms with E-state index < -0.39 is 5.91 Å². The molecule has 4 aromatic rings. The van der Waals surface area contributed by atoms with E-state index in [4.69, 9.17) is 16.0 Å². The lowest BCUT2D eigenvalue weighted by Gasteiger charge is -2.15. The van der Waals surface area contributed by atoms with Crippen LogP contribution in [0.2, 0.25) is 5.02 Å². The molecule has 0 spiro atoms. The summed E-state index contributed by atoms with van der Waals surface area (Å²) in [5.74, 6) is 0.0336. The molecule has 0 saturated carbocycles. The Hall–Kier alpha value is -3.19. The van der Waals surface area contributed by atoms with Crippen LogP contribution in [-0.2, 0) is 0 Å². The van der Waals surface area contributed by atoms with E-state index in [0.717, 1.165) is 16.7 Å². The lowest BCUT2D eigenvalue weighted by atomic mass is 10.0. The number of hydrogen-bond donors (Lipinski definition) is 1. The Morgan fingerprint density at radius 2 is 2.03 bits per heavy atom. The molecule has 1 atom stereocenters. The summed E-state index contributed by atoms with van der Waals surface area (Å²) >= 11 is 6.24. The normalized spacial score (nSPS) is 12.3. The minimum Gasteiger partial charge on any atom is -0.460 e. The predicted octanol–water partition coefficient (Wildman–Crippen LogP) is 5.38. The number of nitrogens with zero attached hydrogens (tertiary/aromatic N) is 3. The third kappa shape index (κ3) is 3.86. The zero-order valence-electron chi connectivity index (χ0n) is 15.8. The number of amides is 1. The first kappa shape index (κ1) is 19.1. The predicted molar refractivity (Wildman–Crippen MR) is 109 cm³/mol. The average molecular weight is 413 g/mol. The van der Waals surface area contributed by atoms with Gasteiger partial charge in [-0.1, -0.05) is 35.9 Å². The molecule has 2 heterocycles. The summed E-state index contributed by atoms with van der Waals surface area (Å²) < 4.78 is 20.3. The number of furan rings is 1. The van der Waals surface area contributed by atoms with Crippen molar-refractivity contribution in [1.29, 1.82) is 0 Å². The number of hydrogen-bond acceptors (Lipinski definition) is 4. The monoisotopic (exact) mass is 412 g/mol. The SMILES string of the molecule is CC[C@H](c1ccc(F)cc1)n1cc(C(=O)Nc2cc(Cl)c3oc(C)cc3c2)nn1. The van der Waals surface area contributed by atoms with Gasteiger partial charge in [-0.2, -0.15) is 0 Å². The molecule has 0 unspecified atom stereocenters. The van der Waals surface area contributed by atoms with Gasteiger partial charge in [-0.15, -0.1) is 5.10 Å². The third-order valence-corrected chi connectivity index (χ3v) is 4.94. The number of carbonyl (C=O) groups excluding carboxylic acids is 1. The van der Waals surface area contributed by atoms with Gasteiger partial charge in [0.05, 0.1) is 17.3 Å². The van der Waals surface area contributed by atoms with E-state index in [0.29, 0.717) is 22.7 Å². The second-order valence-corrected chi connectivity index (χ2v) is 7.15. The van der Waals surface area contributed by atoms with Crippen molar-refractivity contribution in [3.63, 3.8) is 0 Å². The van der Waals surface area contributed by atoms with Gasteiger partial charge in [-0.25, -0.2) is 9.07 Å². The maximum absolute atomic E-state index is 13.2. The van der Waals surface area contributed by atoms with E-state index in [1.165, 1.54) is 12.1 Å². The van der Waals surface area contributed by atoms with Crippen LogP contribution in [0.25, 0.3) is 11.0 Å². The van der Waals surface area contributed by atoms with E-state index in [1.54, 1.807) is 35.1 Å². The highest BCUT2D eigenvalue weighted by atomic mass is 35.5. The summed E-state index contributed by atoms with van der Waals surface area (Å²) in [6.45, 7) is 3.82. The van der Waals surface area contributed by atoms with Crippen molar-refractivity contribution in [2.45, 2.75) is 26.3 Å². The molecule has 0 fully saturated rings. The lowest BCUT2D eigenvalue weighted by molar-refractivity contribution is 0.102. The fourth-order valence-corrected chi connectivity index (χ4v) is 3.57. The first-order chi connectivity index (χ1) is 13.9. The second kappa shape index (κ2) is 7.67. The molecule has 0 radical (unpaired) electrons. The third-order valence-electron chi connectivity index (χ3n) is 4.66. The summed E-state index contributed by atoms with van der Waals surface area (Å²) in [4.78, 5) is 12.6. The van der Waals surface area contributed by atoms with Crippen molar-refractivity contribution in [1.82, 2.24) is 15.0 Å². The molecular weight excluding hydrogens is 395 g/mol. The first-order valence-electron chi connectivity index (χ1n) is 9.13. The maximum Gasteiger partial charge on any atom is 0.277 e. The molecule has 0 saturated heterocycles. The maximum atomic E-state index is 13.2. The number of rotatable bonds is 5. The van der Waals surface area contributed by atoms with Crippen molar-refractivity contribution in [3.05, 3.63) is 76.5 Å².